The van der Waals surface area contributed by atoms with Gasteiger partial charge >= 0.3 is 0 Å². The molecule has 0 atom stereocenters. The molecule has 72 valence electrons. The number of hydrogen-bond donors (Lipinski definition) is 1. The van der Waals surface area contributed by atoms with Gasteiger partial charge in [0.15, 0.2) is 0 Å². The average Bonchev–Trinajstić information content (AvgIpc) is 2.42. The first kappa shape index (κ1) is 9.18. The van der Waals surface area contributed by atoms with Crippen molar-refractivity contribution in [1.29, 1.82) is 0 Å². The van der Waals surface area contributed by atoms with Crippen molar-refractivity contribution in [2.45, 2.75) is 19.7 Å². The SMILES string of the molecule is CN1CCn2c(nc(CO)c2Br)C1. The van der Waals surface area contributed by atoms with E-state index < -0.39 is 0 Å². The predicted octanol–water partition coefficient (Wildman–Crippen LogP) is 0.583. The summed E-state index contributed by atoms with van der Waals surface area (Å²) in [6.45, 7) is 2.84. The molecule has 5 heteroatoms. The monoisotopic (exact) mass is 245 g/mol. The molecule has 4 nitrogen and oxygen atoms in total. The van der Waals surface area contributed by atoms with Crippen LogP contribution < -0.4 is 0 Å². The van der Waals surface area contributed by atoms with Crippen molar-refractivity contribution < 1.29 is 5.11 Å². The van der Waals surface area contributed by atoms with E-state index in [2.05, 4.69) is 37.4 Å². The van der Waals surface area contributed by atoms with Crippen LogP contribution in [-0.2, 0) is 19.7 Å². The third kappa shape index (κ3) is 1.51. The first-order chi connectivity index (χ1) is 6.22. The summed E-state index contributed by atoms with van der Waals surface area (Å²) in [4.78, 5) is 6.56. The molecule has 1 aromatic heterocycles. The minimum Gasteiger partial charge on any atom is -0.390 e. The highest BCUT2D eigenvalue weighted by Crippen LogP contribution is 2.22. The Morgan fingerprint density at radius 1 is 1.54 bits per heavy atom. The van der Waals surface area contributed by atoms with E-state index in [0.717, 1.165) is 35.8 Å². The van der Waals surface area contributed by atoms with E-state index in [1.165, 1.54) is 0 Å². The standard InChI is InChI=1S/C8H12BrN3O/c1-11-2-3-12-7(4-11)10-6(5-13)8(12)9/h13H,2-5H2,1H3. The van der Waals surface area contributed by atoms with Gasteiger partial charge in [0.05, 0.1) is 18.8 Å². The van der Waals surface area contributed by atoms with Crippen molar-refractivity contribution >= 4 is 15.9 Å². The van der Waals surface area contributed by atoms with E-state index >= 15 is 0 Å². The van der Waals surface area contributed by atoms with E-state index in [1.807, 2.05) is 0 Å². The second-order valence-corrected chi connectivity index (χ2v) is 4.06. The van der Waals surface area contributed by atoms with E-state index in [1.54, 1.807) is 0 Å². The zero-order valence-corrected chi connectivity index (χ0v) is 9.08. The molecule has 0 aliphatic carbocycles. The van der Waals surface area contributed by atoms with E-state index in [4.69, 9.17) is 5.11 Å². The highest BCUT2D eigenvalue weighted by molar-refractivity contribution is 9.10. The van der Waals surface area contributed by atoms with Gasteiger partial charge in [-0.25, -0.2) is 4.98 Å². The van der Waals surface area contributed by atoms with Crippen LogP contribution in [0.5, 0.6) is 0 Å². The average molecular weight is 246 g/mol. The van der Waals surface area contributed by atoms with Crippen molar-refractivity contribution in [1.82, 2.24) is 14.5 Å². The molecular formula is C8H12BrN3O. The van der Waals surface area contributed by atoms with Crippen LogP contribution in [0.1, 0.15) is 11.5 Å². The highest BCUT2D eigenvalue weighted by Gasteiger charge is 2.19. The van der Waals surface area contributed by atoms with Crippen LogP contribution in [-0.4, -0.2) is 33.1 Å². The summed E-state index contributed by atoms with van der Waals surface area (Å²) >= 11 is 3.44. The molecule has 1 aliphatic rings. The molecule has 0 spiro atoms. The molecule has 1 aliphatic heterocycles. The minimum atomic E-state index is 0.00426. The van der Waals surface area contributed by atoms with Crippen LogP contribution in [0.25, 0.3) is 0 Å². The van der Waals surface area contributed by atoms with Crippen LogP contribution in [0.15, 0.2) is 4.60 Å². The van der Waals surface area contributed by atoms with E-state index in [9.17, 15) is 0 Å². The number of aliphatic hydroxyl groups is 1. The lowest BCUT2D eigenvalue weighted by atomic mass is 10.4. The molecule has 0 bridgehead atoms. The number of nitrogens with zero attached hydrogens (tertiary/aromatic N) is 3. The van der Waals surface area contributed by atoms with Crippen molar-refractivity contribution in [3.8, 4) is 0 Å². The van der Waals surface area contributed by atoms with Gasteiger partial charge in [-0.15, -0.1) is 0 Å². The third-order valence-electron chi connectivity index (χ3n) is 2.32. The van der Waals surface area contributed by atoms with Crippen LogP contribution in [0.2, 0.25) is 0 Å². The second kappa shape index (κ2) is 3.40. The Morgan fingerprint density at radius 3 is 3.00 bits per heavy atom. The summed E-state index contributed by atoms with van der Waals surface area (Å²) in [6.07, 6.45) is 0. The Kier molecular flexibility index (Phi) is 2.40. The van der Waals surface area contributed by atoms with Crippen molar-refractivity contribution in [2.24, 2.45) is 0 Å². The summed E-state index contributed by atoms with van der Waals surface area (Å²) in [5.74, 6) is 1.03. The first-order valence-electron chi connectivity index (χ1n) is 4.25. The molecular weight excluding hydrogens is 234 g/mol. The number of hydrogen-bond acceptors (Lipinski definition) is 3. The lowest BCUT2D eigenvalue weighted by molar-refractivity contribution is 0.263. The minimum absolute atomic E-state index is 0.00426. The first-order valence-corrected chi connectivity index (χ1v) is 5.05. The zero-order valence-electron chi connectivity index (χ0n) is 7.50. The fourth-order valence-electron chi connectivity index (χ4n) is 1.57. The molecule has 1 aromatic rings. The molecule has 0 radical (unpaired) electrons. The van der Waals surface area contributed by atoms with Crippen molar-refractivity contribution in [2.75, 3.05) is 13.6 Å². The van der Waals surface area contributed by atoms with Crippen LogP contribution in [0, 0.1) is 0 Å². The van der Waals surface area contributed by atoms with Gasteiger partial charge < -0.3 is 9.67 Å². The molecule has 0 unspecified atom stereocenters. The van der Waals surface area contributed by atoms with Gasteiger partial charge in [0.1, 0.15) is 10.4 Å². The Hall–Kier alpha value is -0.390. The third-order valence-corrected chi connectivity index (χ3v) is 3.20. The normalized spacial score (nSPS) is 17.5. The van der Waals surface area contributed by atoms with Crippen molar-refractivity contribution in [3.05, 3.63) is 16.1 Å². The number of imidazole rings is 1. The largest absolute Gasteiger partial charge is 0.390 e. The maximum absolute atomic E-state index is 9.01. The van der Waals surface area contributed by atoms with Crippen LogP contribution in [0.3, 0.4) is 0 Å². The molecule has 0 saturated heterocycles. The molecule has 0 amide bonds. The number of halogens is 1. The zero-order chi connectivity index (χ0) is 9.42. The highest BCUT2D eigenvalue weighted by atomic mass is 79.9. The van der Waals surface area contributed by atoms with E-state index in [-0.39, 0.29) is 6.61 Å². The molecule has 2 heterocycles. The van der Waals surface area contributed by atoms with Gasteiger partial charge in [0.25, 0.3) is 0 Å². The maximum Gasteiger partial charge on any atom is 0.124 e. The molecule has 2 rings (SSSR count). The maximum atomic E-state index is 9.01. The predicted molar refractivity (Wildman–Crippen MR) is 52.2 cm³/mol. The summed E-state index contributed by atoms with van der Waals surface area (Å²) in [6, 6.07) is 0. The van der Waals surface area contributed by atoms with Crippen LogP contribution >= 0.6 is 15.9 Å². The fraction of sp³-hybridized carbons (Fsp3) is 0.625. The fourth-order valence-corrected chi connectivity index (χ4v) is 2.17. The number of fused-ring (bicyclic) bond motifs is 1. The molecule has 13 heavy (non-hydrogen) atoms. The Morgan fingerprint density at radius 2 is 2.31 bits per heavy atom. The van der Waals surface area contributed by atoms with E-state index in [0.29, 0.717) is 0 Å². The molecule has 0 fully saturated rings. The Balaban J connectivity index is 2.39. The Bertz CT molecular complexity index is 323. The molecule has 0 saturated carbocycles. The number of aromatic nitrogens is 2. The summed E-state index contributed by atoms with van der Waals surface area (Å²) in [7, 11) is 2.07. The smallest absolute Gasteiger partial charge is 0.124 e. The Labute approximate surface area is 85.3 Å². The van der Waals surface area contributed by atoms with Gasteiger partial charge in [0, 0.05) is 13.1 Å². The van der Waals surface area contributed by atoms with Gasteiger partial charge in [-0.3, -0.25) is 4.90 Å². The summed E-state index contributed by atoms with van der Waals surface area (Å²) in [5, 5.41) is 9.01. The number of likely N-dealkylation sites (N-methyl/N-ethyl adjacent to an activating group) is 1. The lowest BCUT2D eigenvalue weighted by Gasteiger charge is -2.23. The number of rotatable bonds is 1. The van der Waals surface area contributed by atoms with Crippen molar-refractivity contribution in [3.63, 3.8) is 0 Å². The van der Waals surface area contributed by atoms with Crippen LogP contribution in [0.4, 0.5) is 0 Å². The lowest BCUT2D eigenvalue weighted by Crippen LogP contribution is -2.30. The quantitative estimate of drug-likeness (QED) is 0.788. The van der Waals surface area contributed by atoms with Gasteiger partial charge in [-0.2, -0.15) is 0 Å². The summed E-state index contributed by atoms with van der Waals surface area (Å²) in [5.41, 5.74) is 0.741. The summed E-state index contributed by atoms with van der Waals surface area (Å²) < 4.78 is 3.05. The molecule has 0 aromatic carbocycles. The second-order valence-electron chi connectivity index (χ2n) is 3.31. The van der Waals surface area contributed by atoms with Gasteiger partial charge in [-0.05, 0) is 23.0 Å². The molecule has 1 N–H and O–H groups in total. The topological polar surface area (TPSA) is 41.3 Å². The number of aliphatic hydroxyl groups excluding tert-OH is 1. The van der Waals surface area contributed by atoms with Gasteiger partial charge in [-0.1, -0.05) is 0 Å². The van der Waals surface area contributed by atoms with Gasteiger partial charge in [0.2, 0.25) is 0 Å².